The van der Waals surface area contributed by atoms with Crippen LogP contribution in [0, 0.1) is 0 Å². The highest BCUT2D eigenvalue weighted by molar-refractivity contribution is 5.79. The van der Waals surface area contributed by atoms with Gasteiger partial charge >= 0.3 is 5.97 Å². The highest BCUT2D eigenvalue weighted by Crippen LogP contribution is 2.10. The molecule has 0 heterocycles. The zero-order valence-corrected chi connectivity index (χ0v) is 7.65. The molecule has 0 fully saturated rings. The fourth-order valence-corrected chi connectivity index (χ4v) is 0.937. The summed E-state index contributed by atoms with van der Waals surface area (Å²) in [6, 6.07) is 7.15. The summed E-state index contributed by atoms with van der Waals surface area (Å²) in [6.45, 7) is 1.38. The molecule has 0 unspecified atom stereocenters. The monoisotopic (exact) mass is 177 g/mol. The summed E-state index contributed by atoms with van der Waals surface area (Å²) in [6.07, 6.45) is 1.73. The van der Waals surface area contributed by atoms with Gasteiger partial charge in [-0.1, -0.05) is 0 Å². The molecular formula is C10H11NO2. The molecule has 0 saturated carbocycles. The van der Waals surface area contributed by atoms with E-state index in [0.29, 0.717) is 5.75 Å². The zero-order valence-electron chi connectivity index (χ0n) is 7.65. The van der Waals surface area contributed by atoms with Crippen molar-refractivity contribution >= 4 is 12.2 Å². The Balaban J connectivity index is 2.75. The number of esters is 1. The third-order valence-corrected chi connectivity index (χ3v) is 1.42. The van der Waals surface area contributed by atoms with E-state index in [9.17, 15) is 4.79 Å². The van der Waals surface area contributed by atoms with E-state index in [-0.39, 0.29) is 5.97 Å². The average molecular weight is 177 g/mol. The second-order valence-electron chi connectivity index (χ2n) is 2.55. The van der Waals surface area contributed by atoms with Gasteiger partial charge in [0, 0.05) is 20.2 Å². The van der Waals surface area contributed by atoms with Gasteiger partial charge in [0.25, 0.3) is 0 Å². The highest BCUT2D eigenvalue weighted by Gasteiger charge is 1.96. The van der Waals surface area contributed by atoms with Gasteiger partial charge in [-0.2, -0.15) is 0 Å². The van der Waals surface area contributed by atoms with Crippen molar-refractivity contribution in [1.82, 2.24) is 0 Å². The fraction of sp³-hybridized carbons (Fsp3) is 0.200. The van der Waals surface area contributed by atoms with Crippen LogP contribution in [0.1, 0.15) is 12.5 Å². The summed E-state index contributed by atoms with van der Waals surface area (Å²) in [7, 11) is 1.71. The normalized spacial score (nSPS) is 10.3. The molecule has 0 bridgehead atoms. The molecule has 0 radical (unpaired) electrons. The smallest absolute Gasteiger partial charge is 0.308 e. The summed E-state index contributed by atoms with van der Waals surface area (Å²) in [5, 5.41) is 0. The van der Waals surface area contributed by atoms with Gasteiger partial charge < -0.3 is 4.74 Å². The predicted octanol–water partition coefficient (Wildman–Crippen LogP) is 1.66. The van der Waals surface area contributed by atoms with E-state index in [1.54, 1.807) is 25.4 Å². The number of hydrogen-bond acceptors (Lipinski definition) is 3. The Hall–Kier alpha value is -1.64. The summed E-state index contributed by atoms with van der Waals surface area (Å²) >= 11 is 0. The topological polar surface area (TPSA) is 38.7 Å². The molecule has 68 valence electrons. The molecular weight excluding hydrogens is 166 g/mol. The van der Waals surface area contributed by atoms with Crippen LogP contribution >= 0.6 is 0 Å². The molecule has 1 aromatic carbocycles. The molecule has 3 heteroatoms. The molecule has 0 aliphatic rings. The molecule has 1 aromatic rings. The number of carbonyl (C=O) groups excluding carboxylic acids is 1. The van der Waals surface area contributed by atoms with Crippen LogP contribution in [0.4, 0.5) is 0 Å². The maximum absolute atomic E-state index is 10.6. The molecule has 0 amide bonds. The molecule has 0 aromatic heterocycles. The van der Waals surface area contributed by atoms with Gasteiger partial charge in [-0.3, -0.25) is 9.79 Å². The number of benzene rings is 1. The number of ether oxygens (including phenoxy) is 1. The number of carbonyl (C=O) groups is 1. The minimum Gasteiger partial charge on any atom is -0.427 e. The Kier molecular flexibility index (Phi) is 3.20. The molecule has 1 rings (SSSR count). The van der Waals surface area contributed by atoms with E-state index in [4.69, 9.17) is 4.74 Å². The van der Waals surface area contributed by atoms with Gasteiger partial charge in [-0.25, -0.2) is 0 Å². The number of rotatable bonds is 2. The molecule has 0 aliphatic carbocycles. The van der Waals surface area contributed by atoms with E-state index in [1.165, 1.54) is 6.92 Å². The molecule has 0 N–H and O–H groups in total. The number of aliphatic imine (C=N–C) groups is 1. The van der Waals surface area contributed by atoms with Gasteiger partial charge in [0.15, 0.2) is 0 Å². The zero-order chi connectivity index (χ0) is 9.68. The first-order valence-electron chi connectivity index (χ1n) is 3.93. The summed E-state index contributed by atoms with van der Waals surface area (Å²) in [4.78, 5) is 14.4. The van der Waals surface area contributed by atoms with Crippen LogP contribution < -0.4 is 4.74 Å². The number of nitrogens with zero attached hydrogens (tertiary/aromatic N) is 1. The van der Waals surface area contributed by atoms with E-state index >= 15 is 0 Å². The van der Waals surface area contributed by atoms with Crippen molar-refractivity contribution < 1.29 is 9.53 Å². The second-order valence-corrected chi connectivity index (χ2v) is 2.55. The first kappa shape index (κ1) is 9.45. The van der Waals surface area contributed by atoms with Crippen molar-refractivity contribution in [2.75, 3.05) is 7.05 Å². The highest BCUT2D eigenvalue weighted by atomic mass is 16.5. The predicted molar refractivity (Wildman–Crippen MR) is 51.3 cm³/mol. The first-order chi connectivity index (χ1) is 6.22. The van der Waals surface area contributed by atoms with Crippen molar-refractivity contribution in [3.8, 4) is 5.75 Å². The Morgan fingerprint density at radius 3 is 2.46 bits per heavy atom. The lowest BCUT2D eigenvalue weighted by atomic mass is 10.2. The Bertz CT molecular complexity index is 314. The molecule has 0 saturated heterocycles. The standard InChI is InChI=1S/C10H11NO2/c1-8(12)13-10-5-3-9(4-6-10)7-11-2/h3-7H,1-2H3. The molecule has 0 aliphatic heterocycles. The van der Waals surface area contributed by atoms with E-state index in [1.807, 2.05) is 12.1 Å². The van der Waals surface area contributed by atoms with Crippen molar-refractivity contribution in [1.29, 1.82) is 0 Å². The lowest BCUT2D eigenvalue weighted by molar-refractivity contribution is -0.131. The lowest BCUT2D eigenvalue weighted by Crippen LogP contribution is -2.00. The number of hydrogen-bond donors (Lipinski definition) is 0. The largest absolute Gasteiger partial charge is 0.427 e. The minimum atomic E-state index is -0.308. The van der Waals surface area contributed by atoms with Crippen LogP contribution in [0.2, 0.25) is 0 Å². The first-order valence-corrected chi connectivity index (χ1v) is 3.93. The maximum Gasteiger partial charge on any atom is 0.308 e. The van der Waals surface area contributed by atoms with Gasteiger partial charge in [0.1, 0.15) is 5.75 Å². The van der Waals surface area contributed by atoms with Crippen molar-refractivity contribution in [3.05, 3.63) is 29.8 Å². The average Bonchev–Trinajstić information content (AvgIpc) is 2.08. The fourth-order valence-electron chi connectivity index (χ4n) is 0.937. The third kappa shape index (κ3) is 3.07. The van der Waals surface area contributed by atoms with Crippen LogP contribution in [0.3, 0.4) is 0 Å². The summed E-state index contributed by atoms with van der Waals surface area (Å²) < 4.78 is 4.86. The van der Waals surface area contributed by atoms with Crippen LogP contribution in [0.25, 0.3) is 0 Å². The minimum absolute atomic E-state index is 0.308. The van der Waals surface area contributed by atoms with Crippen LogP contribution in [0.15, 0.2) is 29.3 Å². The molecule has 0 atom stereocenters. The van der Waals surface area contributed by atoms with E-state index < -0.39 is 0 Å². The van der Waals surface area contributed by atoms with Crippen molar-refractivity contribution in [2.24, 2.45) is 4.99 Å². The quantitative estimate of drug-likeness (QED) is 0.391. The van der Waals surface area contributed by atoms with E-state index in [2.05, 4.69) is 4.99 Å². The van der Waals surface area contributed by atoms with Crippen LogP contribution in [-0.2, 0) is 4.79 Å². The summed E-state index contributed by atoms with van der Waals surface area (Å²) in [5.41, 5.74) is 0.985. The Morgan fingerprint density at radius 1 is 1.38 bits per heavy atom. The van der Waals surface area contributed by atoms with Gasteiger partial charge in [-0.05, 0) is 29.8 Å². The Labute approximate surface area is 77.1 Å². The molecule has 0 spiro atoms. The third-order valence-electron chi connectivity index (χ3n) is 1.42. The van der Waals surface area contributed by atoms with Crippen molar-refractivity contribution in [3.63, 3.8) is 0 Å². The maximum atomic E-state index is 10.6. The molecule has 3 nitrogen and oxygen atoms in total. The van der Waals surface area contributed by atoms with Crippen LogP contribution in [-0.4, -0.2) is 19.2 Å². The SMILES string of the molecule is CN=Cc1ccc(OC(C)=O)cc1. The van der Waals surface area contributed by atoms with Crippen molar-refractivity contribution in [2.45, 2.75) is 6.92 Å². The Morgan fingerprint density at radius 2 is 2.00 bits per heavy atom. The second kappa shape index (κ2) is 4.40. The van der Waals surface area contributed by atoms with Gasteiger partial charge in [0.2, 0.25) is 0 Å². The van der Waals surface area contributed by atoms with Gasteiger partial charge in [-0.15, -0.1) is 0 Å². The van der Waals surface area contributed by atoms with Gasteiger partial charge in [0.05, 0.1) is 0 Å². The summed E-state index contributed by atoms with van der Waals surface area (Å²) in [5.74, 6) is 0.248. The lowest BCUT2D eigenvalue weighted by Gasteiger charge is -2.00. The van der Waals surface area contributed by atoms with E-state index in [0.717, 1.165) is 5.56 Å². The van der Waals surface area contributed by atoms with Crippen LogP contribution in [0.5, 0.6) is 5.75 Å². The molecule has 13 heavy (non-hydrogen) atoms.